The summed E-state index contributed by atoms with van der Waals surface area (Å²) in [4.78, 5) is 24.2. The molecule has 2 aromatic rings. The Bertz CT molecular complexity index is 712. The zero-order valence-corrected chi connectivity index (χ0v) is 11.8. The molecule has 0 fully saturated rings. The molecule has 1 aliphatic heterocycles. The number of benzene rings is 2. The van der Waals surface area contributed by atoms with Crippen LogP contribution in [0.3, 0.4) is 0 Å². The Balaban J connectivity index is 1.68. The third-order valence-electron chi connectivity index (χ3n) is 3.51. The number of amides is 1. The van der Waals surface area contributed by atoms with E-state index in [1.54, 1.807) is 0 Å². The molecule has 1 unspecified atom stereocenters. The average molecular weight is 297 g/mol. The van der Waals surface area contributed by atoms with Gasteiger partial charge in [0.2, 0.25) is 0 Å². The third-order valence-corrected chi connectivity index (χ3v) is 3.51. The molecule has 1 amide bonds. The van der Waals surface area contributed by atoms with Gasteiger partial charge in [0.25, 0.3) is 5.91 Å². The SMILES string of the molecule is O=C1CC(C(=O)NCc2ccccc2)Oc2cc(O)ccc21. The molecule has 5 nitrogen and oxygen atoms in total. The van der Waals surface area contributed by atoms with Crippen molar-refractivity contribution in [3.8, 4) is 11.5 Å². The van der Waals surface area contributed by atoms with Gasteiger partial charge in [0.1, 0.15) is 11.5 Å². The Morgan fingerprint density at radius 1 is 1.23 bits per heavy atom. The van der Waals surface area contributed by atoms with Gasteiger partial charge in [0.05, 0.1) is 12.0 Å². The molecule has 0 spiro atoms. The number of phenols is 1. The molecule has 5 heteroatoms. The lowest BCUT2D eigenvalue weighted by Gasteiger charge is -2.24. The highest BCUT2D eigenvalue weighted by molar-refractivity contribution is 6.03. The molecule has 0 saturated carbocycles. The Hall–Kier alpha value is -2.82. The Morgan fingerprint density at radius 2 is 2.00 bits per heavy atom. The van der Waals surface area contributed by atoms with Crippen LogP contribution < -0.4 is 10.1 Å². The predicted molar refractivity (Wildman–Crippen MR) is 79.8 cm³/mol. The van der Waals surface area contributed by atoms with E-state index in [4.69, 9.17) is 4.74 Å². The maximum Gasteiger partial charge on any atom is 0.261 e. The fourth-order valence-corrected chi connectivity index (χ4v) is 2.36. The topological polar surface area (TPSA) is 75.6 Å². The van der Waals surface area contributed by atoms with E-state index in [1.807, 2.05) is 30.3 Å². The number of nitrogens with one attached hydrogen (secondary N) is 1. The highest BCUT2D eigenvalue weighted by Gasteiger charge is 2.31. The number of fused-ring (bicyclic) bond motifs is 1. The lowest BCUT2D eigenvalue weighted by atomic mass is 10.00. The molecule has 1 atom stereocenters. The van der Waals surface area contributed by atoms with E-state index in [-0.39, 0.29) is 29.6 Å². The first-order valence-corrected chi connectivity index (χ1v) is 6.98. The first-order valence-electron chi connectivity index (χ1n) is 6.98. The van der Waals surface area contributed by atoms with Gasteiger partial charge in [-0.3, -0.25) is 9.59 Å². The van der Waals surface area contributed by atoms with Crippen LogP contribution in [0.15, 0.2) is 48.5 Å². The van der Waals surface area contributed by atoms with Crippen LogP contribution in [0, 0.1) is 0 Å². The summed E-state index contributed by atoms with van der Waals surface area (Å²) in [6.45, 7) is 0.376. The van der Waals surface area contributed by atoms with Crippen molar-refractivity contribution in [2.45, 2.75) is 19.1 Å². The zero-order chi connectivity index (χ0) is 15.5. The van der Waals surface area contributed by atoms with Gasteiger partial charge in [-0.15, -0.1) is 0 Å². The van der Waals surface area contributed by atoms with E-state index in [0.29, 0.717) is 12.1 Å². The molecule has 0 saturated heterocycles. The van der Waals surface area contributed by atoms with Crippen LogP contribution in [-0.4, -0.2) is 22.9 Å². The fourth-order valence-electron chi connectivity index (χ4n) is 2.36. The molecule has 2 N–H and O–H groups in total. The summed E-state index contributed by atoms with van der Waals surface area (Å²) >= 11 is 0. The van der Waals surface area contributed by atoms with Gasteiger partial charge in [-0.2, -0.15) is 0 Å². The van der Waals surface area contributed by atoms with Gasteiger partial charge >= 0.3 is 0 Å². The number of aromatic hydroxyl groups is 1. The average Bonchev–Trinajstić information content (AvgIpc) is 2.53. The van der Waals surface area contributed by atoms with Crippen molar-refractivity contribution in [2.24, 2.45) is 0 Å². The second kappa shape index (κ2) is 5.89. The monoisotopic (exact) mass is 297 g/mol. The molecule has 3 rings (SSSR count). The molecule has 0 aliphatic carbocycles. The predicted octanol–water partition coefficient (Wildman–Crippen LogP) is 2.04. The van der Waals surface area contributed by atoms with Crippen LogP contribution in [0.4, 0.5) is 0 Å². The summed E-state index contributed by atoms with van der Waals surface area (Å²) < 4.78 is 5.54. The van der Waals surface area contributed by atoms with Crippen LogP contribution in [0.2, 0.25) is 0 Å². The second-order valence-electron chi connectivity index (χ2n) is 5.12. The number of carbonyl (C=O) groups excluding carboxylic acids is 2. The Morgan fingerprint density at radius 3 is 2.77 bits per heavy atom. The van der Waals surface area contributed by atoms with Crippen LogP contribution in [0.25, 0.3) is 0 Å². The number of hydrogen-bond acceptors (Lipinski definition) is 4. The van der Waals surface area contributed by atoms with E-state index in [1.165, 1.54) is 18.2 Å². The van der Waals surface area contributed by atoms with Crippen LogP contribution >= 0.6 is 0 Å². The minimum Gasteiger partial charge on any atom is -0.508 e. The maximum atomic E-state index is 12.2. The molecule has 0 radical (unpaired) electrons. The van der Waals surface area contributed by atoms with Crippen molar-refractivity contribution >= 4 is 11.7 Å². The second-order valence-corrected chi connectivity index (χ2v) is 5.12. The summed E-state index contributed by atoms with van der Waals surface area (Å²) in [5.74, 6) is -0.264. The number of hydrogen-bond donors (Lipinski definition) is 2. The van der Waals surface area contributed by atoms with E-state index < -0.39 is 6.10 Å². The largest absolute Gasteiger partial charge is 0.508 e. The summed E-state index contributed by atoms with van der Waals surface area (Å²) in [7, 11) is 0. The Labute approximate surface area is 127 Å². The number of ether oxygens (including phenoxy) is 1. The summed E-state index contributed by atoms with van der Waals surface area (Å²) in [5.41, 5.74) is 1.36. The third kappa shape index (κ3) is 2.93. The lowest BCUT2D eigenvalue weighted by Crippen LogP contribution is -2.41. The normalized spacial score (nSPS) is 16.5. The number of ketones is 1. The van der Waals surface area contributed by atoms with Crippen molar-refractivity contribution in [2.75, 3.05) is 0 Å². The minimum absolute atomic E-state index is 0.00159. The summed E-state index contributed by atoms with van der Waals surface area (Å²) in [6.07, 6.45) is -0.871. The number of Topliss-reactive ketones (excluding diaryl/α,β-unsaturated/α-hetero) is 1. The maximum absolute atomic E-state index is 12.2. The van der Waals surface area contributed by atoms with Crippen molar-refractivity contribution in [1.82, 2.24) is 5.32 Å². The standard InChI is InChI=1S/C17H15NO4/c19-12-6-7-13-14(20)9-16(22-15(13)8-12)17(21)18-10-11-4-2-1-3-5-11/h1-8,16,19H,9-10H2,(H,18,21). The number of phenolic OH excluding ortho intramolecular Hbond substituents is 1. The summed E-state index contributed by atoms with van der Waals surface area (Å²) in [6, 6.07) is 13.8. The molecule has 112 valence electrons. The first-order chi connectivity index (χ1) is 10.6. The first kappa shape index (κ1) is 14.1. The van der Waals surface area contributed by atoms with Gasteiger partial charge in [-0.25, -0.2) is 0 Å². The van der Waals surface area contributed by atoms with Crippen LogP contribution in [0.5, 0.6) is 11.5 Å². The molecule has 1 heterocycles. The van der Waals surface area contributed by atoms with Gasteiger partial charge in [-0.1, -0.05) is 30.3 Å². The van der Waals surface area contributed by atoms with E-state index in [0.717, 1.165) is 5.56 Å². The number of carbonyl (C=O) groups is 2. The molecule has 0 aromatic heterocycles. The van der Waals surface area contributed by atoms with Crippen molar-refractivity contribution in [1.29, 1.82) is 0 Å². The van der Waals surface area contributed by atoms with Crippen LogP contribution in [-0.2, 0) is 11.3 Å². The van der Waals surface area contributed by atoms with E-state index in [2.05, 4.69) is 5.32 Å². The molecule has 22 heavy (non-hydrogen) atoms. The highest BCUT2D eigenvalue weighted by atomic mass is 16.5. The molecular formula is C17H15NO4. The summed E-state index contributed by atoms with van der Waals surface area (Å²) in [5, 5.41) is 12.2. The molecule has 0 bridgehead atoms. The van der Waals surface area contributed by atoms with Crippen molar-refractivity contribution in [3.63, 3.8) is 0 Å². The van der Waals surface area contributed by atoms with Crippen molar-refractivity contribution < 1.29 is 19.4 Å². The zero-order valence-electron chi connectivity index (χ0n) is 11.8. The van der Waals surface area contributed by atoms with Gasteiger partial charge < -0.3 is 15.2 Å². The van der Waals surface area contributed by atoms with Crippen LogP contribution in [0.1, 0.15) is 22.3 Å². The number of rotatable bonds is 3. The molecule has 1 aliphatic rings. The highest BCUT2D eigenvalue weighted by Crippen LogP contribution is 2.30. The van der Waals surface area contributed by atoms with Gasteiger partial charge in [0.15, 0.2) is 11.9 Å². The minimum atomic E-state index is -0.870. The van der Waals surface area contributed by atoms with E-state index in [9.17, 15) is 14.7 Å². The quantitative estimate of drug-likeness (QED) is 0.909. The van der Waals surface area contributed by atoms with Crippen molar-refractivity contribution in [3.05, 3.63) is 59.7 Å². The molecule has 2 aromatic carbocycles. The van der Waals surface area contributed by atoms with Gasteiger partial charge in [-0.05, 0) is 17.7 Å². The Kier molecular flexibility index (Phi) is 3.78. The van der Waals surface area contributed by atoms with Gasteiger partial charge in [0, 0.05) is 12.6 Å². The molecular weight excluding hydrogens is 282 g/mol. The lowest BCUT2D eigenvalue weighted by molar-refractivity contribution is -0.128. The van der Waals surface area contributed by atoms with E-state index >= 15 is 0 Å². The fraction of sp³-hybridized carbons (Fsp3) is 0.176. The smallest absolute Gasteiger partial charge is 0.261 e.